The van der Waals surface area contributed by atoms with E-state index in [-0.39, 0.29) is 6.54 Å². The van der Waals surface area contributed by atoms with Gasteiger partial charge in [0.1, 0.15) is 0 Å². The van der Waals surface area contributed by atoms with Crippen LogP contribution in [0.4, 0.5) is 4.79 Å². The second-order valence-corrected chi connectivity index (χ2v) is 4.51. The highest BCUT2D eigenvalue weighted by molar-refractivity contribution is 7.09. The zero-order valence-corrected chi connectivity index (χ0v) is 10.1. The number of carbonyl (C=O) groups excluding carboxylic acids is 1. The smallest absolute Gasteiger partial charge is 0.334 e. The van der Waals surface area contributed by atoms with Gasteiger partial charge in [0.15, 0.2) is 6.10 Å². The van der Waals surface area contributed by atoms with Crippen molar-refractivity contribution in [1.82, 2.24) is 10.2 Å². The summed E-state index contributed by atoms with van der Waals surface area (Å²) in [5, 5.41) is 21.7. The molecule has 6 nitrogen and oxygen atoms in total. The minimum Gasteiger partial charge on any atom is -0.479 e. The highest BCUT2D eigenvalue weighted by atomic mass is 32.1. The van der Waals surface area contributed by atoms with Crippen LogP contribution in [0.5, 0.6) is 0 Å². The van der Waals surface area contributed by atoms with Crippen LogP contribution >= 0.6 is 11.3 Å². The highest BCUT2D eigenvalue weighted by Gasteiger charge is 2.16. The van der Waals surface area contributed by atoms with Gasteiger partial charge in [0, 0.05) is 11.9 Å². The number of nitrogens with zero attached hydrogens (tertiary/aromatic N) is 1. The number of hydrogen-bond donors (Lipinski definition) is 3. The van der Waals surface area contributed by atoms with Crippen molar-refractivity contribution in [3.05, 3.63) is 22.4 Å². The molecule has 0 fully saturated rings. The van der Waals surface area contributed by atoms with Crippen LogP contribution in [0.3, 0.4) is 0 Å². The lowest BCUT2D eigenvalue weighted by Crippen LogP contribution is -2.42. The van der Waals surface area contributed by atoms with Crippen LogP contribution in [0, 0.1) is 0 Å². The largest absolute Gasteiger partial charge is 0.479 e. The Morgan fingerprint density at radius 3 is 2.82 bits per heavy atom. The lowest BCUT2D eigenvalue weighted by atomic mass is 10.3. The van der Waals surface area contributed by atoms with Crippen molar-refractivity contribution < 1.29 is 19.8 Å². The average Bonchev–Trinajstić information content (AvgIpc) is 2.77. The zero-order chi connectivity index (χ0) is 12.8. The van der Waals surface area contributed by atoms with Crippen molar-refractivity contribution in [2.75, 3.05) is 13.6 Å². The van der Waals surface area contributed by atoms with Crippen LogP contribution in [-0.4, -0.2) is 46.8 Å². The number of thiophene rings is 1. The molecule has 1 aromatic rings. The molecule has 0 aliphatic heterocycles. The highest BCUT2D eigenvalue weighted by Crippen LogP contribution is 2.10. The van der Waals surface area contributed by atoms with Crippen molar-refractivity contribution in [1.29, 1.82) is 0 Å². The van der Waals surface area contributed by atoms with Gasteiger partial charge in [-0.3, -0.25) is 0 Å². The first-order chi connectivity index (χ1) is 8.00. The number of nitrogens with one attached hydrogen (secondary N) is 1. The van der Waals surface area contributed by atoms with Gasteiger partial charge in [0.2, 0.25) is 0 Å². The molecule has 2 amide bonds. The predicted molar refractivity (Wildman–Crippen MR) is 62.8 cm³/mol. The SMILES string of the molecule is CN(Cc1cccs1)C(=O)NC[C@H](O)C(=O)O. The van der Waals surface area contributed by atoms with E-state index in [1.165, 1.54) is 16.2 Å². The molecule has 0 aliphatic carbocycles. The molecule has 0 saturated heterocycles. The average molecular weight is 258 g/mol. The van der Waals surface area contributed by atoms with Gasteiger partial charge in [-0.15, -0.1) is 11.3 Å². The lowest BCUT2D eigenvalue weighted by Gasteiger charge is -2.17. The number of hydrogen-bond acceptors (Lipinski definition) is 4. The predicted octanol–water partition coefficient (Wildman–Crippen LogP) is 0.335. The molecule has 0 aromatic carbocycles. The van der Waals surface area contributed by atoms with Crippen LogP contribution in [0.25, 0.3) is 0 Å². The van der Waals surface area contributed by atoms with Crippen molar-refractivity contribution in [2.45, 2.75) is 12.6 Å². The Kier molecular flexibility index (Phi) is 4.92. The third-order valence-electron chi connectivity index (χ3n) is 2.05. The molecule has 1 atom stereocenters. The second kappa shape index (κ2) is 6.21. The Labute approximate surface area is 102 Å². The van der Waals surface area contributed by atoms with Gasteiger partial charge < -0.3 is 20.4 Å². The number of carbonyl (C=O) groups is 2. The summed E-state index contributed by atoms with van der Waals surface area (Å²) in [7, 11) is 1.60. The molecule has 3 N–H and O–H groups in total. The van der Waals surface area contributed by atoms with Gasteiger partial charge in [-0.05, 0) is 11.4 Å². The summed E-state index contributed by atoms with van der Waals surface area (Å²) in [5.41, 5.74) is 0. The maximum absolute atomic E-state index is 11.5. The minimum absolute atomic E-state index is 0.303. The standard InChI is InChI=1S/C10H14N2O4S/c1-12(6-7-3-2-4-17-7)10(16)11-5-8(13)9(14)15/h2-4,8,13H,5-6H2,1H3,(H,11,16)(H,14,15)/t8-/m0/s1. The molecule has 0 aliphatic rings. The van der Waals surface area contributed by atoms with Crippen LogP contribution in [0.15, 0.2) is 17.5 Å². The molecular weight excluding hydrogens is 244 g/mol. The number of aliphatic carboxylic acids is 1. The summed E-state index contributed by atoms with van der Waals surface area (Å²) >= 11 is 1.53. The van der Waals surface area contributed by atoms with Gasteiger partial charge in [-0.2, -0.15) is 0 Å². The number of rotatable bonds is 5. The summed E-state index contributed by atoms with van der Waals surface area (Å²) in [5.74, 6) is -1.36. The fourth-order valence-corrected chi connectivity index (χ4v) is 1.87. The molecular formula is C10H14N2O4S. The Balaban J connectivity index is 2.34. The number of carboxylic acid groups (broad SMARTS) is 1. The van der Waals surface area contributed by atoms with Gasteiger partial charge in [-0.1, -0.05) is 6.07 Å². The van der Waals surface area contributed by atoms with Crippen LogP contribution in [0.2, 0.25) is 0 Å². The van der Waals surface area contributed by atoms with E-state index in [9.17, 15) is 9.59 Å². The Morgan fingerprint density at radius 2 is 2.29 bits per heavy atom. The van der Waals surface area contributed by atoms with E-state index in [1.807, 2.05) is 17.5 Å². The van der Waals surface area contributed by atoms with E-state index >= 15 is 0 Å². The maximum Gasteiger partial charge on any atom is 0.334 e. The molecule has 7 heteroatoms. The normalized spacial score (nSPS) is 11.9. The van der Waals surface area contributed by atoms with Crippen molar-refractivity contribution >= 4 is 23.3 Å². The number of aliphatic hydroxyl groups is 1. The molecule has 1 aromatic heterocycles. The first-order valence-corrected chi connectivity index (χ1v) is 5.81. The van der Waals surface area contributed by atoms with E-state index in [0.29, 0.717) is 6.54 Å². The Bertz CT molecular complexity index is 380. The molecule has 94 valence electrons. The molecule has 0 radical (unpaired) electrons. The van der Waals surface area contributed by atoms with E-state index in [0.717, 1.165) is 4.88 Å². The van der Waals surface area contributed by atoms with Gasteiger partial charge in [0.05, 0.1) is 13.1 Å². The number of carboxylic acids is 1. The van der Waals surface area contributed by atoms with E-state index in [4.69, 9.17) is 10.2 Å². The van der Waals surface area contributed by atoms with Gasteiger partial charge in [0.25, 0.3) is 0 Å². The summed E-state index contributed by atoms with van der Waals surface area (Å²) < 4.78 is 0. The van der Waals surface area contributed by atoms with Crippen LogP contribution in [0.1, 0.15) is 4.88 Å². The number of urea groups is 1. The third kappa shape index (κ3) is 4.41. The molecule has 0 unspecified atom stereocenters. The summed E-state index contributed by atoms with van der Waals surface area (Å²) in [6.45, 7) is 0.148. The fraction of sp³-hybridized carbons (Fsp3) is 0.400. The fourth-order valence-electron chi connectivity index (χ4n) is 1.11. The topological polar surface area (TPSA) is 89.9 Å². The second-order valence-electron chi connectivity index (χ2n) is 3.48. The quantitative estimate of drug-likeness (QED) is 0.710. The summed E-state index contributed by atoms with van der Waals surface area (Å²) in [6, 6.07) is 3.37. The third-order valence-corrected chi connectivity index (χ3v) is 2.91. The van der Waals surface area contributed by atoms with Gasteiger partial charge >= 0.3 is 12.0 Å². The molecule has 1 heterocycles. The van der Waals surface area contributed by atoms with Gasteiger partial charge in [-0.25, -0.2) is 9.59 Å². The minimum atomic E-state index is -1.57. The molecule has 17 heavy (non-hydrogen) atoms. The van der Waals surface area contributed by atoms with E-state index in [2.05, 4.69) is 5.32 Å². The molecule has 0 saturated carbocycles. The zero-order valence-electron chi connectivity index (χ0n) is 9.29. The maximum atomic E-state index is 11.5. The van der Waals surface area contributed by atoms with Crippen LogP contribution < -0.4 is 5.32 Å². The molecule has 1 rings (SSSR count). The summed E-state index contributed by atoms with van der Waals surface area (Å²) in [4.78, 5) is 24.3. The first-order valence-electron chi connectivity index (χ1n) is 4.93. The first kappa shape index (κ1) is 13.5. The number of amides is 2. The van der Waals surface area contributed by atoms with Crippen LogP contribution in [-0.2, 0) is 11.3 Å². The van der Waals surface area contributed by atoms with E-state index < -0.39 is 18.1 Å². The number of aliphatic hydroxyl groups excluding tert-OH is 1. The Morgan fingerprint density at radius 1 is 1.59 bits per heavy atom. The Hall–Kier alpha value is -1.60. The van der Waals surface area contributed by atoms with Crippen molar-refractivity contribution in [2.24, 2.45) is 0 Å². The molecule has 0 spiro atoms. The van der Waals surface area contributed by atoms with E-state index in [1.54, 1.807) is 7.05 Å². The summed E-state index contributed by atoms with van der Waals surface area (Å²) in [6.07, 6.45) is -1.57. The van der Waals surface area contributed by atoms with Crippen molar-refractivity contribution in [3.63, 3.8) is 0 Å². The monoisotopic (exact) mass is 258 g/mol. The molecule has 0 bridgehead atoms. The van der Waals surface area contributed by atoms with Crippen molar-refractivity contribution in [3.8, 4) is 0 Å². The lowest BCUT2D eigenvalue weighted by molar-refractivity contribution is -0.146.